The normalized spacial score (nSPS) is 40.5. The van der Waals surface area contributed by atoms with E-state index in [0.717, 1.165) is 25.3 Å². The van der Waals surface area contributed by atoms with Crippen LogP contribution in [0.3, 0.4) is 0 Å². The van der Waals surface area contributed by atoms with Gasteiger partial charge in [0.2, 0.25) is 0 Å². The smallest absolute Gasteiger partial charge is 0.0615 e. The molecule has 0 aromatic heterocycles. The average molecular weight is 163 g/mol. The Morgan fingerprint density at radius 2 is 2.40 bits per heavy atom. The average Bonchev–Trinajstić information content (AvgIpc) is 2.32. The van der Waals surface area contributed by atoms with Crippen molar-refractivity contribution in [3.63, 3.8) is 0 Å². The first-order chi connectivity index (χ1) is 4.75. The molecule has 1 aliphatic heterocycles. The van der Waals surface area contributed by atoms with E-state index < -0.39 is 0 Å². The summed E-state index contributed by atoms with van der Waals surface area (Å²) >= 11 is 5.88. The maximum Gasteiger partial charge on any atom is 0.0615 e. The molecule has 0 saturated carbocycles. The van der Waals surface area contributed by atoms with E-state index in [1.165, 1.54) is 0 Å². The number of rotatable bonds is 2. The molecule has 0 aliphatic carbocycles. The summed E-state index contributed by atoms with van der Waals surface area (Å²) in [4.78, 5) is 0. The Morgan fingerprint density at radius 3 is 2.60 bits per heavy atom. The van der Waals surface area contributed by atoms with Crippen molar-refractivity contribution in [3.8, 4) is 0 Å². The van der Waals surface area contributed by atoms with Crippen LogP contribution in [0.5, 0.6) is 0 Å². The van der Waals surface area contributed by atoms with Gasteiger partial charge in [-0.3, -0.25) is 0 Å². The fraction of sp³-hybridized carbons (Fsp3) is 1.00. The van der Waals surface area contributed by atoms with Crippen LogP contribution < -0.4 is 0 Å². The number of halogens is 1. The minimum atomic E-state index is 0.279. The zero-order valence-electron chi connectivity index (χ0n) is 6.69. The monoisotopic (exact) mass is 162 g/mol. The summed E-state index contributed by atoms with van der Waals surface area (Å²) in [6.45, 7) is 5.20. The van der Waals surface area contributed by atoms with Crippen molar-refractivity contribution in [1.29, 1.82) is 0 Å². The fourth-order valence-corrected chi connectivity index (χ4v) is 2.09. The predicted molar refractivity (Wildman–Crippen MR) is 43.5 cm³/mol. The highest BCUT2D eigenvalue weighted by molar-refractivity contribution is 6.18. The van der Waals surface area contributed by atoms with Gasteiger partial charge in [0.15, 0.2) is 0 Å². The molecule has 2 heteroatoms. The van der Waals surface area contributed by atoms with Gasteiger partial charge in [-0.15, -0.1) is 11.6 Å². The van der Waals surface area contributed by atoms with E-state index in [2.05, 4.69) is 13.8 Å². The van der Waals surface area contributed by atoms with E-state index in [1.54, 1.807) is 0 Å². The van der Waals surface area contributed by atoms with Crippen LogP contribution in [0, 0.1) is 5.41 Å². The molecule has 1 rings (SSSR count). The van der Waals surface area contributed by atoms with E-state index in [0.29, 0.717) is 6.10 Å². The van der Waals surface area contributed by atoms with Crippen molar-refractivity contribution in [2.75, 3.05) is 12.5 Å². The molecule has 0 amide bonds. The van der Waals surface area contributed by atoms with Crippen LogP contribution in [0.4, 0.5) is 0 Å². The van der Waals surface area contributed by atoms with Crippen molar-refractivity contribution in [2.24, 2.45) is 5.41 Å². The van der Waals surface area contributed by atoms with Crippen LogP contribution in [0.2, 0.25) is 0 Å². The van der Waals surface area contributed by atoms with Gasteiger partial charge in [-0.05, 0) is 19.8 Å². The Morgan fingerprint density at radius 1 is 1.70 bits per heavy atom. The molecule has 1 nitrogen and oxygen atoms in total. The second-order valence-corrected chi connectivity index (χ2v) is 3.38. The predicted octanol–water partition coefficient (Wildman–Crippen LogP) is 2.43. The van der Waals surface area contributed by atoms with Crippen LogP contribution in [-0.4, -0.2) is 18.6 Å². The highest BCUT2D eigenvalue weighted by Crippen LogP contribution is 2.38. The van der Waals surface area contributed by atoms with E-state index in [1.807, 2.05) is 0 Å². The Kier molecular flexibility index (Phi) is 2.59. The third kappa shape index (κ3) is 1.17. The minimum absolute atomic E-state index is 0.279. The van der Waals surface area contributed by atoms with E-state index in [9.17, 15) is 0 Å². The van der Waals surface area contributed by atoms with Crippen LogP contribution in [0.1, 0.15) is 26.7 Å². The van der Waals surface area contributed by atoms with Gasteiger partial charge in [0.05, 0.1) is 6.10 Å². The Labute approximate surface area is 67.7 Å². The van der Waals surface area contributed by atoms with Crippen LogP contribution in [0.15, 0.2) is 0 Å². The second kappa shape index (κ2) is 3.10. The largest absolute Gasteiger partial charge is 0.378 e. The third-order valence-corrected chi connectivity index (χ3v) is 3.33. The molecule has 1 saturated heterocycles. The highest BCUT2D eigenvalue weighted by Gasteiger charge is 2.38. The first kappa shape index (κ1) is 8.35. The maximum atomic E-state index is 5.88. The van der Waals surface area contributed by atoms with Gasteiger partial charge >= 0.3 is 0 Å². The van der Waals surface area contributed by atoms with Gasteiger partial charge in [-0.25, -0.2) is 0 Å². The molecule has 2 unspecified atom stereocenters. The van der Waals surface area contributed by atoms with Gasteiger partial charge in [0.25, 0.3) is 0 Å². The van der Waals surface area contributed by atoms with Crippen molar-refractivity contribution < 1.29 is 4.74 Å². The quantitative estimate of drug-likeness (QED) is 0.567. The summed E-state index contributed by atoms with van der Waals surface area (Å²) in [6.07, 6.45) is 2.63. The lowest BCUT2D eigenvalue weighted by atomic mass is 9.81. The zero-order chi connectivity index (χ0) is 7.61. The molecule has 0 spiro atoms. The number of alkyl halides is 1. The summed E-state index contributed by atoms with van der Waals surface area (Å²) < 4.78 is 5.47. The number of ether oxygens (including phenoxy) is 1. The summed E-state index contributed by atoms with van der Waals surface area (Å²) in [5.74, 6) is 0.741. The summed E-state index contributed by atoms with van der Waals surface area (Å²) in [7, 11) is 0. The standard InChI is InChI=1S/C8H15ClO/c1-3-8(6-9)4-5-10-7(8)2/h7H,3-6H2,1-2H3. The van der Waals surface area contributed by atoms with Gasteiger partial charge in [-0.1, -0.05) is 6.92 Å². The summed E-state index contributed by atoms with van der Waals surface area (Å²) in [6, 6.07) is 0. The van der Waals surface area contributed by atoms with Crippen LogP contribution in [0.25, 0.3) is 0 Å². The number of hydrogen-bond acceptors (Lipinski definition) is 1. The molecule has 0 bridgehead atoms. The van der Waals surface area contributed by atoms with Crippen molar-refractivity contribution in [3.05, 3.63) is 0 Å². The van der Waals surface area contributed by atoms with Crippen molar-refractivity contribution in [1.82, 2.24) is 0 Å². The Bertz CT molecular complexity index is 110. The van der Waals surface area contributed by atoms with Crippen LogP contribution in [-0.2, 0) is 4.74 Å². The lowest BCUT2D eigenvalue weighted by molar-refractivity contribution is 0.0718. The molecule has 0 aromatic carbocycles. The van der Waals surface area contributed by atoms with Gasteiger partial charge in [-0.2, -0.15) is 0 Å². The van der Waals surface area contributed by atoms with Gasteiger partial charge in [0, 0.05) is 17.9 Å². The topological polar surface area (TPSA) is 9.23 Å². The molecule has 2 atom stereocenters. The first-order valence-corrected chi connectivity index (χ1v) is 4.46. The Balaban J connectivity index is 2.61. The minimum Gasteiger partial charge on any atom is -0.378 e. The zero-order valence-corrected chi connectivity index (χ0v) is 7.45. The molecule has 1 fully saturated rings. The molecule has 0 aromatic rings. The lowest BCUT2D eigenvalue weighted by Crippen LogP contribution is -2.29. The van der Waals surface area contributed by atoms with Crippen LogP contribution >= 0.6 is 11.6 Å². The molecule has 0 N–H and O–H groups in total. The second-order valence-electron chi connectivity index (χ2n) is 3.11. The fourth-order valence-electron chi connectivity index (χ4n) is 1.55. The van der Waals surface area contributed by atoms with Gasteiger partial charge < -0.3 is 4.74 Å². The summed E-state index contributed by atoms with van der Waals surface area (Å²) in [5.41, 5.74) is 0.279. The molecular weight excluding hydrogens is 148 g/mol. The summed E-state index contributed by atoms with van der Waals surface area (Å²) in [5, 5.41) is 0. The number of hydrogen-bond donors (Lipinski definition) is 0. The van der Waals surface area contributed by atoms with E-state index in [-0.39, 0.29) is 5.41 Å². The van der Waals surface area contributed by atoms with Gasteiger partial charge in [0.1, 0.15) is 0 Å². The molecule has 10 heavy (non-hydrogen) atoms. The van der Waals surface area contributed by atoms with E-state index in [4.69, 9.17) is 16.3 Å². The SMILES string of the molecule is CCC1(CCl)CCOC1C. The molecule has 1 heterocycles. The third-order valence-electron chi connectivity index (χ3n) is 2.80. The molecular formula is C8H15ClO. The molecule has 60 valence electrons. The maximum absolute atomic E-state index is 5.88. The van der Waals surface area contributed by atoms with E-state index >= 15 is 0 Å². The van der Waals surface area contributed by atoms with Crippen molar-refractivity contribution in [2.45, 2.75) is 32.8 Å². The highest BCUT2D eigenvalue weighted by atomic mass is 35.5. The lowest BCUT2D eigenvalue weighted by Gasteiger charge is -2.27. The first-order valence-electron chi connectivity index (χ1n) is 3.93. The molecule has 0 radical (unpaired) electrons. The molecule has 1 aliphatic rings. The Hall–Kier alpha value is 0.250. The van der Waals surface area contributed by atoms with Crippen molar-refractivity contribution >= 4 is 11.6 Å².